The van der Waals surface area contributed by atoms with Gasteiger partial charge in [0.1, 0.15) is 4.88 Å². The maximum absolute atomic E-state index is 12.3. The molecule has 1 aliphatic carbocycles. The first-order valence-electron chi connectivity index (χ1n) is 7.27. The molecule has 0 saturated heterocycles. The van der Waals surface area contributed by atoms with Gasteiger partial charge in [0.15, 0.2) is 5.13 Å². The topological polar surface area (TPSA) is 106 Å². The lowest BCUT2D eigenvalue weighted by atomic mass is 9.82. The number of ether oxygens (including phenoxy) is 1. The van der Waals surface area contributed by atoms with Crippen molar-refractivity contribution in [3.8, 4) is 0 Å². The highest BCUT2D eigenvalue weighted by Crippen LogP contribution is 2.29. The van der Waals surface area contributed by atoms with Gasteiger partial charge < -0.3 is 15.2 Å². The van der Waals surface area contributed by atoms with Crippen LogP contribution in [0.5, 0.6) is 0 Å². The van der Waals surface area contributed by atoms with Crippen molar-refractivity contribution in [3.63, 3.8) is 0 Å². The van der Waals surface area contributed by atoms with Crippen LogP contribution in [0, 0.1) is 18.8 Å². The van der Waals surface area contributed by atoms with Gasteiger partial charge in [-0.05, 0) is 26.7 Å². The SMILES string of the molecule is CCOC(=O)c1sc(NC(=O)[C@@H]2CC=CC[C@@H]2C(=O)O)nc1C. The number of allylic oxidation sites excluding steroid dienone is 2. The summed E-state index contributed by atoms with van der Waals surface area (Å²) in [6.45, 7) is 3.62. The molecular formula is C15H18N2O5S. The second kappa shape index (κ2) is 7.36. The smallest absolute Gasteiger partial charge is 0.350 e. The van der Waals surface area contributed by atoms with Gasteiger partial charge in [0, 0.05) is 0 Å². The van der Waals surface area contributed by atoms with Crippen molar-refractivity contribution in [2.75, 3.05) is 11.9 Å². The highest BCUT2D eigenvalue weighted by atomic mass is 32.1. The van der Waals surface area contributed by atoms with Gasteiger partial charge in [0.2, 0.25) is 5.91 Å². The molecule has 8 heteroatoms. The number of carboxylic acids is 1. The summed E-state index contributed by atoms with van der Waals surface area (Å²) in [5.74, 6) is -3.26. The summed E-state index contributed by atoms with van der Waals surface area (Å²) in [7, 11) is 0. The summed E-state index contributed by atoms with van der Waals surface area (Å²) in [5.41, 5.74) is 0.474. The molecule has 1 aromatic rings. The zero-order valence-corrected chi connectivity index (χ0v) is 13.7. The van der Waals surface area contributed by atoms with Crippen LogP contribution in [-0.4, -0.2) is 34.5 Å². The number of esters is 1. The van der Waals surface area contributed by atoms with Crippen molar-refractivity contribution in [3.05, 3.63) is 22.7 Å². The lowest BCUT2D eigenvalue weighted by Crippen LogP contribution is -2.34. The van der Waals surface area contributed by atoms with E-state index in [0.29, 0.717) is 23.4 Å². The first-order valence-corrected chi connectivity index (χ1v) is 8.08. The zero-order chi connectivity index (χ0) is 17.0. The van der Waals surface area contributed by atoms with Crippen LogP contribution in [0.2, 0.25) is 0 Å². The quantitative estimate of drug-likeness (QED) is 0.630. The summed E-state index contributed by atoms with van der Waals surface area (Å²) < 4.78 is 4.92. The Bertz CT molecular complexity index is 652. The van der Waals surface area contributed by atoms with Gasteiger partial charge in [-0.2, -0.15) is 0 Å². The summed E-state index contributed by atoms with van der Waals surface area (Å²) in [6.07, 6.45) is 4.28. The molecule has 0 spiro atoms. The van der Waals surface area contributed by atoms with E-state index in [0.717, 1.165) is 11.3 Å². The Morgan fingerprint density at radius 3 is 2.61 bits per heavy atom. The number of carbonyl (C=O) groups is 3. The Balaban J connectivity index is 2.11. The first kappa shape index (κ1) is 17.1. The number of carboxylic acid groups (broad SMARTS) is 1. The predicted molar refractivity (Wildman–Crippen MR) is 84.4 cm³/mol. The second-order valence-electron chi connectivity index (χ2n) is 5.14. The molecule has 1 heterocycles. The van der Waals surface area contributed by atoms with E-state index in [1.54, 1.807) is 26.0 Å². The number of thiazole rings is 1. The summed E-state index contributed by atoms with van der Waals surface area (Å²) in [5, 5.41) is 12.1. The molecule has 1 amide bonds. The van der Waals surface area contributed by atoms with Crippen molar-refractivity contribution in [2.45, 2.75) is 26.7 Å². The van der Waals surface area contributed by atoms with Gasteiger partial charge in [-0.15, -0.1) is 0 Å². The van der Waals surface area contributed by atoms with Crippen molar-refractivity contribution >= 4 is 34.3 Å². The number of aryl methyl sites for hydroxylation is 1. The minimum Gasteiger partial charge on any atom is -0.481 e. The molecule has 1 aromatic heterocycles. The molecule has 0 bridgehead atoms. The summed E-state index contributed by atoms with van der Waals surface area (Å²) in [6, 6.07) is 0. The fourth-order valence-electron chi connectivity index (χ4n) is 2.41. The van der Waals surface area contributed by atoms with Crippen LogP contribution in [0.1, 0.15) is 35.1 Å². The van der Waals surface area contributed by atoms with Gasteiger partial charge in [0.05, 0.1) is 24.1 Å². The molecule has 2 atom stereocenters. The molecule has 124 valence electrons. The molecule has 7 nitrogen and oxygen atoms in total. The number of aromatic nitrogens is 1. The van der Waals surface area contributed by atoms with Gasteiger partial charge in [-0.25, -0.2) is 9.78 Å². The molecule has 2 rings (SSSR count). The van der Waals surface area contributed by atoms with Crippen LogP contribution in [0.4, 0.5) is 5.13 Å². The third kappa shape index (κ3) is 3.95. The van der Waals surface area contributed by atoms with E-state index >= 15 is 0 Å². The Morgan fingerprint density at radius 1 is 1.35 bits per heavy atom. The average Bonchev–Trinajstić information content (AvgIpc) is 2.88. The molecule has 0 radical (unpaired) electrons. The van der Waals surface area contributed by atoms with Crippen LogP contribution in [-0.2, 0) is 14.3 Å². The highest BCUT2D eigenvalue weighted by Gasteiger charge is 2.34. The van der Waals surface area contributed by atoms with Crippen LogP contribution in [0.15, 0.2) is 12.2 Å². The van der Waals surface area contributed by atoms with E-state index in [2.05, 4.69) is 10.3 Å². The molecular weight excluding hydrogens is 320 g/mol. The number of nitrogens with zero attached hydrogens (tertiary/aromatic N) is 1. The predicted octanol–water partition coefficient (Wildman–Crippen LogP) is 2.23. The van der Waals surface area contributed by atoms with Gasteiger partial charge in [0.25, 0.3) is 0 Å². The molecule has 1 aliphatic rings. The Labute approximate surface area is 137 Å². The highest BCUT2D eigenvalue weighted by molar-refractivity contribution is 7.17. The first-order chi connectivity index (χ1) is 10.9. The number of amides is 1. The van der Waals surface area contributed by atoms with Gasteiger partial charge >= 0.3 is 11.9 Å². The number of aliphatic carboxylic acids is 1. The van der Waals surface area contributed by atoms with E-state index in [-0.39, 0.29) is 11.7 Å². The maximum atomic E-state index is 12.3. The minimum absolute atomic E-state index is 0.257. The van der Waals surface area contributed by atoms with E-state index in [9.17, 15) is 19.5 Å². The lowest BCUT2D eigenvalue weighted by molar-refractivity contribution is -0.146. The lowest BCUT2D eigenvalue weighted by Gasteiger charge is -2.23. The van der Waals surface area contributed by atoms with Gasteiger partial charge in [-0.3, -0.25) is 9.59 Å². The van der Waals surface area contributed by atoms with E-state index < -0.39 is 29.7 Å². The average molecular weight is 338 g/mol. The Kier molecular flexibility index (Phi) is 5.49. The van der Waals surface area contributed by atoms with Crippen molar-refractivity contribution < 1.29 is 24.2 Å². The molecule has 0 fully saturated rings. The van der Waals surface area contributed by atoms with E-state index in [1.165, 1.54) is 0 Å². The van der Waals surface area contributed by atoms with Crippen LogP contribution < -0.4 is 5.32 Å². The summed E-state index contributed by atoms with van der Waals surface area (Å²) in [4.78, 5) is 39.8. The monoisotopic (exact) mass is 338 g/mol. The molecule has 2 N–H and O–H groups in total. The normalized spacial score (nSPS) is 20.1. The van der Waals surface area contributed by atoms with E-state index in [4.69, 9.17) is 4.74 Å². The third-order valence-corrected chi connectivity index (χ3v) is 4.63. The molecule has 0 aliphatic heterocycles. The van der Waals surface area contributed by atoms with Crippen molar-refractivity contribution in [2.24, 2.45) is 11.8 Å². The Morgan fingerprint density at radius 2 is 2.00 bits per heavy atom. The second-order valence-corrected chi connectivity index (χ2v) is 6.14. The van der Waals surface area contributed by atoms with Crippen molar-refractivity contribution in [1.82, 2.24) is 4.98 Å². The van der Waals surface area contributed by atoms with E-state index in [1.807, 2.05) is 0 Å². The molecule has 0 saturated carbocycles. The largest absolute Gasteiger partial charge is 0.481 e. The zero-order valence-electron chi connectivity index (χ0n) is 12.9. The Hall–Kier alpha value is -2.22. The van der Waals surface area contributed by atoms with Crippen LogP contribution in [0.25, 0.3) is 0 Å². The minimum atomic E-state index is -0.989. The molecule has 23 heavy (non-hydrogen) atoms. The van der Waals surface area contributed by atoms with Crippen molar-refractivity contribution in [1.29, 1.82) is 0 Å². The third-order valence-electron chi connectivity index (χ3n) is 3.57. The number of carbonyl (C=O) groups excluding carboxylic acids is 2. The molecule has 0 unspecified atom stereocenters. The van der Waals surface area contributed by atoms with Gasteiger partial charge in [-0.1, -0.05) is 23.5 Å². The van der Waals surface area contributed by atoms with Crippen LogP contribution >= 0.6 is 11.3 Å². The number of anilines is 1. The number of hydrogen-bond donors (Lipinski definition) is 2. The number of nitrogens with one attached hydrogen (secondary N) is 1. The number of hydrogen-bond acceptors (Lipinski definition) is 6. The fraction of sp³-hybridized carbons (Fsp3) is 0.467. The summed E-state index contributed by atoms with van der Waals surface area (Å²) >= 11 is 1.03. The van der Waals surface area contributed by atoms with Crippen LogP contribution in [0.3, 0.4) is 0 Å². The maximum Gasteiger partial charge on any atom is 0.350 e. The standard InChI is InChI=1S/C15H18N2O5S/c1-3-22-14(21)11-8(2)16-15(23-11)17-12(18)9-6-4-5-7-10(9)13(19)20/h4-5,9-10H,3,6-7H2,1-2H3,(H,19,20)(H,16,17,18)/t9-,10+/m1/s1. The fourth-order valence-corrected chi connectivity index (χ4v) is 3.27. The number of rotatable bonds is 5. The molecule has 0 aromatic carbocycles.